The molecule has 5 nitrogen and oxygen atoms in total. The second-order valence-electron chi connectivity index (χ2n) is 10.9. The molecule has 0 heterocycles. The van der Waals surface area contributed by atoms with Crippen LogP contribution in [-0.2, 0) is 16.0 Å². The molecule has 0 spiro atoms. The summed E-state index contributed by atoms with van der Waals surface area (Å²) in [7, 11) is 0. The summed E-state index contributed by atoms with van der Waals surface area (Å²) in [6.45, 7) is 6.04. The second-order valence-corrected chi connectivity index (χ2v) is 10.9. The number of rotatable bonds is 17. The summed E-state index contributed by atoms with van der Waals surface area (Å²) in [4.78, 5) is 21.1. The highest BCUT2D eigenvalue weighted by molar-refractivity contribution is 5.73. The molecule has 5 heteroatoms. The normalized spacial score (nSPS) is 11.9. The maximum Gasteiger partial charge on any atom is 0.337 e. The van der Waals surface area contributed by atoms with Gasteiger partial charge in [-0.2, -0.15) is 0 Å². The average Bonchev–Trinajstić information content (AvgIpc) is 2.85. The third-order valence-corrected chi connectivity index (χ3v) is 6.67. The molecule has 2 aromatic carbocycles. The zero-order valence-corrected chi connectivity index (χ0v) is 23.1. The molecule has 0 aliphatic rings. The van der Waals surface area contributed by atoms with Crippen LogP contribution in [0.2, 0.25) is 0 Å². The fourth-order valence-electron chi connectivity index (χ4n) is 4.38. The summed E-state index contributed by atoms with van der Waals surface area (Å²) in [6, 6.07) is 17.5. The van der Waals surface area contributed by atoms with E-state index in [0.717, 1.165) is 12.0 Å². The smallest absolute Gasteiger partial charge is 0.337 e. The fraction of sp³-hybridized carbons (Fsp3) is 0.562. The second kappa shape index (κ2) is 18.6. The Hall–Kier alpha value is -2.66. The number of aliphatic hydroxyl groups is 1. The van der Waals surface area contributed by atoms with Crippen molar-refractivity contribution >= 4 is 11.9 Å². The van der Waals surface area contributed by atoms with Gasteiger partial charge in [0.25, 0.3) is 0 Å². The Balaban J connectivity index is 0.000000474. The van der Waals surface area contributed by atoms with E-state index in [9.17, 15) is 9.59 Å². The molecule has 0 saturated heterocycles. The van der Waals surface area contributed by atoms with Crippen molar-refractivity contribution in [2.24, 2.45) is 5.41 Å². The predicted molar refractivity (Wildman–Crippen MR) is 151 cm³/mol. The van der Waals surface area contributed by atoms with Gasteiger partial charge >= 0.3 is 11.9 Å². The number of aryl methyl sites for hydroxylation is 2. The molecule has 206 valence electrons. The monoisotopic (exact) mass is 512 g/mol. The van der Waals surface area contributed by atoms with Gasteiger partial charge in [-0.3, -0.25) is 4.79 Å². The SMILES string of the molecule is CC(C)(CCCCCCCCCCCCc1ccccc1)CC(=O)O.Cc1ccc(C(O)C(=O)O)cc1. The van der Waals surface area contributed by atoms with E-state index < -0.39 is 18.0 Å². The highest BCUT2D eigenvalue weighted by Gasteiger charge is 2.20. The highest BCUT2D eigenvalue weighted by Crippen LogP contribution is 2.28. The van der Waals surface area contributed by atoms with E-state index in [4.69, 9.17) is 15.3 Å². The van der Waals surface area contributed by atoms with Crippen LogP contribution in [0, 0.1) is 12.3 Å². The number of aliphatic hydroxyl groups excluding tert-OH is 1. The molecular weight excluding hydrogens is 464 g/mol. The molecule has 1 atom stereocenters. The van der Waals surface area contributed by atoms with Crippen LogP contribution in [0.4, 0.5) is 0 Å². The number of carboxylic acid groups (broad SMARTS) is 2. The van der Waals surface area contributed by atoms with Crippen LogP contribution in [0.5, 0.6) is 0 Å². The fourth-order valence-corrected chi connectivity index (χ4v) is 4.38. The van der Waals surface area contributed by atoms with Crippen molar-refractivity contribution in [2.45, 2.75) is 110 Å². The van der Waals surface area contributed by atoms with Gasteiger partial charge in [-0.25, -0.2) is 4.79 Å². The maximum absolute atomic E-state index is 10.8. The van der Waals surface area contributed by atoms with Gasteiger partial charge in [0, 0.05) is 0 Å². The summed E-state index contributed by atoms with van der Waals surface area (Å²) >= 11 is 0. The average molecular weight is 513 g/mol. The Labute approximate surface area is 223 Å². The molecule has 0 amide bonds. The van der Waals surface area contributed by atoms with Crippen LogP contribution in [-0.4, -0.2) is 27.3 Å². The highest BCUT2D eigenvalue weighted by atomic mass is 16.4. The van der Waals surface area contributed by atoms with Crippen LogP contribution in [0.3, 0.4) is 0 Å². The van der Waals surface area contributed by atoms with Gasteiger partial charge in [-0.05, 0) is 42.7 Å². The van der Waals surface area contributed by atoms with Gasteiger partial charge in [0.1, 0.15) is 0 Å². The van der Waals surface area contributed by atoms with Crippen molar-refractivity contribution < 1.29 is 24.9 Å². The molecule has 0 bridgehead atoms. The van der Waals surface area contributed by atoms with Gasteiger partial charge in [-0.15, -0.1) is 0 Å². The minimum absolute atomic E-state index is 0.0500. The van der Waals surface area contributed by atoms with E-state index in [2.05, 4.69) is 44.2 Å². The van der Waals surface area contributed by atoms with Gasteiger partial charge in [-0.1, -0.05) is 132 Å². The number of benzene rings is 2. The lowest BCUT2D eigenvalue weighted by atomic mass is 9.83. The van der Waals surface area contributed by atoms with Gasteiger partial charge in [0.15, 0.2) is 6.10 Å². The Kier molecular flexibility index (Phi) is 16.2. The molecule has 0 radical (unpaired) electrons. The van der Waals surface area contributed by atoms with E-state index in [1.807, 2.05) is 6.92 Å². The molecule has 3 N–H and O–H groups in total. The Morgan fingerprint density at radius 1 is 0.730 bits per heavy atom. The van der Waals surface area contributed by atoms with Crippen LogP contribution in [0.25, 0.3) is 0 Å². The van der Waals surface area contributed by atoms with Gasteiger partial charge in [0.2, 0.25) is 0 Å². The van der Waals surface area contributed by atoms with Crippen LogP contribution in [0.15, 0.2) is 54.6 Å². The quantitative estimate of drug-likeness (QED) is 0.186. The largest absolute Gasteiger partial charge is 0.481 e. The zero-order chi connectivity index (χ0) is 27.5. The van der Waals surface area contributed by atoms with Crippen LogP contribution < -0.4 is 0 Å². The van der Waals surface area contributed by atoms with E-state index in [-0.39, 0.29) is 11.8 Å². The van der Waals surface area contributed by atoms with E-state index >= 15 is 0 Å². The first kappa shape index (κ1) is 32.4. The number of carboxylic acids is 2. The Morgan fingerprint density at radius 2 is 1.22 bits per heavy atom. The number of carbonyl (C=O) groups is 2. The van der Waals surface area contributed by atoms with Crippen molar-refractivity contribution in [3.63, 3.8) is 0 Å². The summed E-state index contributed by atoms with van der Waals surface area (Å²) in [5, 5.41) is 26.4. The maximum atomic E-state index is 10.8. The Bertz CT molecular complexity index is 874. The molecule has 0 fully saturated rings. The number of unbranched alkanes of at least 4 members (excludes halogenated alkanes) is 9. The summed E-state index contributed by atoms with van der Waals surface area (Å²) in [5.74, 6) is -1.90. The number of aliphatic carboxylic acids is 2. The van der Waals surface area contributed by atoms with Crippen molar-refractivity contribution in [3.05, 3.63) is 71.3 Å². The van der Waals surface area contributed by atoms with Crippen molar-refractivity contribution in [3.8, 4) is 0 Å². The lowest BCUT2D eigenvalue weighted by molar-refractivity contribution is -0.147. The minimum atomic E-state index is -1.41. The molecule has 0 aromatic heterocycles. The minimum Gasteiger partial charge on any atom is -0.481 e. The van der Waals surface area contributed by atoms with Gasteiger partial charge in [0.05, 0.1) is 6.42 Å². The van der Waals surface area contributed by atoms with Crippen LogP contribution >= 0.6 is 0 Å². The molecular formula is C32H48O5. The summed E-state index contributed by atoms with van der Waals surface area (Å²) in [5.41, 5.74) is 2.87. The molecule has 2 rings (SSSR count). The topological polar surface area (TPSA) is 94.8 Å². The molecule has 0 aliphatic carbocycles. The first-order chi connectivity index (χ1) is 17.6. The Morgan fingerprint density at radius 3 is 1.70 bits per heavy atom. The number of hydrogen-bond acceptors (Lipinski definition) is 3. The van der Waals surface area contributed by atoms with Crippen molar-refractivity contribution in [1.82, 2.24) is 0 Å². The van der Waals surface area contributed by atoms with Crippen LogP contribution in [0.1, 0.15) is 114 Å². The third kappa shape index (κ3) is 16.7. The first-order valence-electron chi connectivity index (χ1n) is 13.8. The standard InChI is InChI=1S/C23H38O2.C9H10O3/c1-23(2,20-22(24)25)19-15-10-8-6-4-3-5-7-9-12-16-21-17-13-11-14-18-21;1-6-2-4-7(5-3-6)8(10)9(11)12/h11,13-14,17-18H,3-10,12,15-16,19-20H2,1-2H3,(H,24,25);2-5,8,10H,1H3,(H,11,12). The van der Waals surface area contributed by atoms with E-state index in [1.165, 1.54) is 76.2 Å². The van der Waals surface area contributed by atoms with Crippen molar-refractivity contribution in [2.75, 3.05) is 0 Å². The summed E-state index contributed by atoms with van der Waals surface area (Å²) in [6.07, 6.45) is 14.3. The first-order valence-corrected chi connectivity index (χ1v) is 13.8. The molecule has 1 unspecified atom stereocenters. The molecule has 37 heavy (non-hydrogen) atoms. The van der Waals surface area contributed by atoms with Gasteiger partial charge < -0.3 is 15.3 Å². The lowest BCUT2D eigenvalue weighted by Crippen LogP contribution is -2.16. The van der Waals surface area contributed by atoms with E-state index in [1.54, 1.807) is 24.3 Å². The third-order valence-electron chi connectivity index (χ3n) is 6.67. The molecule has 0 saturated carbocycles. The van der Waals surface area contributed by atoms with Crippen molar-refractivity contribution in [1.29, 1.82) is 0 Å². The lowest BCUT2D eigenvalue weighted by Gasteiger charge is -2.21. The predicted octanol–water partition coefficient (Wildman–Crippen LogP) is 8.13. The summed E-state index contributed by atoms with van der Waals surface area (Å²) < 4.78 is 0. The zero-order valence-electron chi connectivity index (χ0n) is 23.1. The number of hydrogen-bond donors (Lipinski definition) is 3. The molecule has 2 aromatic rings. The molecule has 0 aliphatic heterocycles. The van der Waals surface area contributed by atoms with E-state index in [0.29, 0.717) is 5.56 Å².